The molecule has 2 aliphatic rings. The van der Waals surface area contributed by atoms with Gasteiger partial charge in [0, 0.05) is 44.8 Å². The number of benzene rings is 6. The minimum Gasteiger partial charge on any atom is -0.309 e. The highest BCUT2D eigenvalue weighted by atomic mass is 19.1. The third-order valence-corrected chi connectivity index (χ3v) is 8.95. The van der Waals surface area contributed by atoms with Gasteiger partial charge in [-0.15, -0.1) is 0 Å². The first-order chi connectivity index (χ1) is 22.3. The molecule has 0 fully saturated rings. The van der Waals surface area contributed by atoms with Gasteiger partial charge in [0.25, 0.3) is 0 Å². The molecule has 0 radical (unpaired) electrons. The van der Waals surface area contributed by atoms with Gasteiger partial charge in [-0.1, -0.05) is 48.5 Å². The summed E-state index contributed by atoms with van der Waals surface area (Å²) in [5.41, 5.74) is 15.8. The zero-order chi connectivity index (χ0) is 31.7. The SMILES string of the molecule is Cc1cc(C)cc(N2c3ccccc3/C(=C3/c4ccccc4N(c4cc(C)cc(C)c4)c4cc(F)ccc43)c3ccc(F)cc32)c1. The molecule has 8 rings (SSSR count). The first-order valence-corrected chi connectivity index (χ1v) is 15.6. The van der Waals surface area contributed by atoms with E-state index in [1.54, 1.807) is 12.1 Å². The molecular formula is C42H32F2N2. The van der Waals surface area contributed by atoms with E-state index in [1.807, 2.05) is 24.3 Å². The summed E-state index contributed by atoms with van der Waals surface area (Å²) >= 11 is 0. The van der Waals surface area contributed by atoms with E-state index in [9.17, 15) is 0 Å². The van der Waals surface area contributed by atoms with Crippen LogP contribution >= 0.6 is 0 Å². The fourth-order valence-electron chi connectivity index (χ4n) is 7.37. The van der Waals surface area contributed by atoms with Gasteiger partial charge < -0.3 is 9.80 Å². The van der Waals surface area contributed by atoms with E-state index < -0.39 is 0 Å². The molecule has 0 spiro atoms. The van der Waals surface area contributed by atoms with Gasteiger partial charge >= 0.3 is 0 Å². The molecule has 0 atom stereocenters. The molecule has 6 aromatic carbocycles. The largest absolute Gasteiger partial charge is 0.309 e. The monoisotopic (exact) mass is 602 g/mol. The Morgan fingerprint density at radius 1 is 0.370 bits per heavy atom. The van der Waals surface area contributed by atoms with Crippen molar-refractivity contribution in [3.8, 4) is 0 Å². The number of aryl methyl sites for hydroxylation is 4. The van der Waals surface area contributed by atoms with Crippen molar-refractivity contribution in [3.63, 3.8) is 0 Å². The second-order valence-corrected chi connectivity index (χ2v) is 12.5. The number of nitrogens with zero attached hydrogens (tertiary/aromatic N) is 2. The molecule has 0 unspecified atom stereocenters. The van der Waals surface area contributed by atoms with Crippen LogP contribution in [0, 0.1) is 39.3 Å². The molecule has 0 N–H and O–H groups in total. The molecule has 46 heavy (non-hydrogen) atoms. The van der Waals surface area contributed by atoms with Gasteiger partial charge in [-0.3, -0.25) is 0 Å². The van der Waals surface area contributed by atoms with Crippen LogP contribution in [0.4, 0.5) is 42.9 Å². The molecule has 2 heterocycles. The van der Waals surface area contributed by atoms with Crippen molar-refractivity contribution in [2.45, 2.75) is 27.7 Å². The number of anilines is 6. The average molecular weight is 603 g/mol. The van der Waals surface area contributed by atoms with Crippen molar-refractivity contribution in [1.29, 1.82) is 0 Å². The van der Waals surface area contributed by atoms with Crippen LogP contribution < -0.4 is 9.80 Å². The number of rotatable bonds is 2. The van der Waals surface area contributed by atoms with Crippen LogP contribution in [0.1, 0.15) is 44.5 Å². The molecule has 224 valence electrons. The third-order valence-electron chi connectivity index (χ3n) is 8.95. The van der Waals surface area contributed by atoms with Crippen LogP contribution in [0.2, 0.25) is 0 Å². The quantitative estimate of drug-likeness (QED) is 0.194. The number of halogens is 2. The van der Waals surface area contributed by atoms with Crippen molar-refractivity contribution in [2.75, 3.05) is 9.80 Å². The van der Waals surface area contributed by atoms with E-state index in [0.717, 1.165) is 89.8 Å². The Hall–Kier alpha value is -5.48. The third kappa shape index (κ3) is 4.44. The van der Waals surface area contributed by atoms with Crippen LogP contribution in [0.15, 0.2) is 121 Å². The van der Waals surface area contributed by atoms with Crippen molar-refractivity contribution in [2.24, 2.45) is 0 Å². The summed E-state index contributed by atoms with van der Waals surface area (Å²) in [5.74, 6) is -0.603. The lowest BCUT2D eigenvalue weighted by Gasteiger charge is -2.39. The van der Waals surface area contributed by atoms with E-state index in [4.69, 9.17) is 0 Å². The predicted molar refractivity (Wildman–Crippen MR) is 186 cm³/mol. The predicted octanol–water partition coefficient (Wildman–Crippen LogP) is 11.8. The number of para-hydroxylation sites is 2. The molecule has 0 saturated carbocycles. The molecule has 2 nitrogen and oxygen atoms in total. The summed E-state index contributed by atoms with van der Waals surface area (Å²) in [6.07, 6.45) is 0. The topological polar surface area (TPSA) is 6.48 Å². The van der Waals surface area contributed by atoms with Gasteiger partial charge in [-0.05, 0) is 123 Å². The zero-order valence-corrected chi connectivity index (χ0v) is 26.2. The number of hydrogen-bond acceptors (Lipinski definition) is 2. The zero-order valence-electron chi connectivity index (χ0n) is 26.2. The number of hydrogen-bond donors (Lipinski definition) is 0. The van der Waals surface area contributed by atoms with E-state index in [2.05, 4.69) is 110 Å². The lowest BCUT2D eigenvalue weighted by molar-refractivity contribution is 0.627. The highest BCUT2D eigenvalue weighted by Crippen LogP contribution is 2.57. The normalized spacial score (nSPS) is 14.8. The standard InChI is InChI=1S/C42H32F2N2/c1-25-17-26(2)20-31(19-25)45-37-11-7-5-9-33(37)41(35-15-13-29(43)23-39(35)45)42-34-10-6-8-12-38(34)46(32-21-27(3)18-28(4)22-32)40-24-30(44)14-16-36(40)42/h5-24H,1-4H3/b42-41+. The van der Waals surface area contributed by atoms with Crippen molar-refractivity contribution >= 4 is 45.3 Å². The van der Waals surface area contributed by atoms with E-state index >= 15 is 8.78 Å². The lowest BCUT2D eigenvalue weighted by Crippen LogP contribution is -2.22. The van der Waals surface area contributed by atoms with Gasteiger partial charge in [0.2, 0.25) is 0 Å². The van der Waals surface area contributed by atoms with E-state index in [0.29, 0.717) is 0 Å². The molecule has 0 saturated heterocycles. The molecular weight excluding hydrogens is 570 g/mol. The average Bonchev–Trinajstić information content (AvgIpc) is 3.01. The molecule has 0 bridgehead atoms. The Kier molecular flexibility index (Phi) is 6.43. The molecule has 0 amide bonds. The second-order valence-electron chi connectivity index (χ2n) is 12.5. The van der Waals surface area contributed by atoms with Gasteiger partial charge in [0.15, 0.2) is 0 Å². The Bertz CT molecular complexity index is 2050. The Labute approximate surface area is 268 Å². The van der Waals surface area contributed by atoms with Crippen LogP contribution in [0.3, 0.4) is 0 Å². The molecule has 0 aromatic heterocycles. The minimum absolute atomic E-state index is 0.302. The van der Waals surface area contributed by atoms with Gasteiger partial charge in [-0.25, -0.2) is 8.78 Å². The highest BCUT2D eigenvalue weighted by Gasteiger charge is 2.35. The summed E-state index contributed by atoms with van der Waals surface area (Å²) in [5, 5.41) is 0. The summed E-state index contributed by atoms with van der Waals surface area (Å²) in [6, 6.07) is 39.6. The maximum absolute atomic E-state index is 15.2. The Morgan fingerprint density at radius 2 is 0.717 bits per heavy atom. The Balaban J connectivity index is 1.49. The maximum Gasteiger partial charge on any atom is 0.125 e. The Morgan fingerprint density at radius 3 is 1.11 bits per heavy atom. The first-order valence-electron chi connectivity index (χ1n) is 15.6. The fourth-order valence-corrected chi connectivity index (χ4v) is 7.37. The van der Waals surface area contributed by atoms with E-state index in [-0.39, 0.29) is 11.6 Å². The van der Waals surface area contributed by atoms with Crippen molar-refractivity contribution in [3.05, 3.63) is 177 Å². The van der Waals surface area contributed by atoms with Crippen LogP contribution in [-0.4, -0.2) is 0 Å². The van der Waals surface area contributed by atoms with Gasteiger partial charge in [-0.2, -0.15) is 0 Å². The molecule has 4 heteroatoms. The van der Waals surface area contributed by atoms with Crippen LogP contribution in [-0.2, 0) is 0 Å². The first kappa shape index (κ1) is 28.0. The highest BCUT2D eigenvalue weighted by molar-refractivity contribution is 6.17. The summed E-state index contributed by atoms with van der Waals surface area (Å²) in [4.78, 5) is 4.33. The molecule has 6 aromatic rings. The summed E-state index contributed by atoms with van der Waals surface area (Å²) < 4.78 is 30.4. The molecule has 2 aliphatic heterocycles. The second kappa shape index (κ2) is 10.6. The van der Waals surface area contributed by atoms with Gasteiger partial charge in [0.05, 0.1) is 22.7 Å². The lowest BCUT2D eigenvalue weighted by atomic mass is 9.79. The van der Waals surface area contributed by atoms with Crippen LogP contribution in [0.5, 0.6) is 0 Å². The van der Waals surface area contributed by atoms with Crippen molar-refractivity contribution < 1.29 is 8.78 Å². The van der Waals surface area contributed by atoms with Gasteiger partial charge in [0.1, 0.15) is 11.6 Å². The van der Waals surface area contributed by atoms with E-state index in [1.165, 1.54) is 12.1 Å². The van der Waals surface area contributed by atoms with Crippen molar-refractivity contribution in [1.82, 2.24) is 0 Å². The number of fused-ring (bicyclic) bond motifs is 4. The smallest absolute Gasteiger partial charge is 0.125 e. The maximum atomic E-state index is 15.2. The summed E-state index contributed by atoms with van der Waals surface area (Å²) in [6.45, 7) is 8.34. The fraction of sp³-hybridized carbons (Fsp3) is 0.0952. The van der Waals surface area contributed by atoms with Crippen LogP contribution in [0.25, 0.3) is 11.1 Å². The molecule has 0 aliphatic carbocycles. The summed E-state index contributed by atoms with van der Waals surface area (Å²) in [7, 11) is 0. The minimum atomic E-state index is -0.302.